The van der Waals surface area contributed by atoms with Crippen LogP contribution in [0.1, 0.15) is 27.2 Å². The van der Waals surface area contributed by atoms with Crippen molar-refractivity contribution in [3.8, 4) is 0 Å². The summed E-state index contributed by atoms with van der Waals surface area (Å²) in [5.74, 6) is 0. The fourth-order valence-electron chi connectivity index (χ4n) is 1.07. The number of nitrogens with two attached hydrogens (primary N) is 1. The molecular weight excluding hydrogens is 226 g/mol. The molecule has 0 rings (SSSR count). The third-order valence-corrected chi connectivity index (χ3v) is 5.02. The summed E-state index contributed by atoms with van der Waals surface area (Å²) in [6, 6.07) is 0. The Bertz CT molecular complexity index is 295. The molecular formula is C10H25N3O2S. The van der Waals surface area contributed by atoms with Gasteiger partial charge >= 0.3 is 0 Å². The van der Waals surface area contributed by atoms with Crippen molar-refractivity contribution in [1.29, 1.82) is 0 Å². The van der Waals surface area contributed by atoms with E-state index in [-0.39, 0.29) is 12.1 Å². The standard InChI is InChI=1S/C10H25N3O2S/c1-6-9(7-11)16(14,15)12-8-10(2,3)13(4)5/h9,12H,6-8,11H2,1-5H3. The summed E-state index contributed by atoms with van der Waals surface area (Å²) in [4.78, 5) is 1.99. The lowest BCUT2D eigenvalue weighted by molar-refractivity contribution is 0.198. The van der Waals surface area contributed by atoms with Gasteiger partial charge in [0, 0.05) is 18.6 Å². The largest absolute Gasteiger partial charge is 0.329 e. The number of likely N-dealkylation sites (N-methyl/N-ethyl adjacent to an activating group) is 1. The first-order valence-electron chi connectivity index (χ1n) is 5.53. The zero-order chi connectivity index (χ0) is 13.0. The van der Waals surface area contributed by atoms with E-state index in [2.05, 4.69) is 4.72 Å². The predicted molar refractivity (Wildman–Crippen MR) is 67.8 cm³/mol. The number of nitrogens with one attached hydrogen (secondary N) is 1. The van der Waals surface area contributed by atoms with Gasteiger partial charge in [-0.2, -0.15) is 0 Å². The minimum atomic E-state index is -3.29. The molecule has 98 valence electrons. The van der Waals surface area contributed by atoms with Crippen LogP contribution in [0.25, 0.3) is 0 Å². The molecule has 0 saturated carbocycles. The van der Waals surface area contributed by atoms with Crippen LogP contribution in [0.3, 0.4) is 0 Å². The molecule has 0 spiro atoms. The molecule has 16 heavy (non-hydrogen) atoms. The molecule has 0 aromatic heterocycles. The lowest BCUT2D eigenvalue weighted by Crippen LogP contribution is -2.50. The molecule has 0 bridgehead atoms. The first-order valence-corrected chi connectivity index (χ1v) is 7.08. The lowest BCUT2D eigenvalue weighted by atomic mass is 10.1. The molecule has 3 N–H and O–H groups in total. The van der Waals surface area contributed by atoms with Crippen molar-refractivity contribution >= 4 is 10.0 Å². The monoisotopic (exact) mass is 251 g/mol. The van der Waals surface area contributed by atoms with Gasteiger partial charge in [0.15, 0.2) is 0 Å². The van der Waals surface area contributed by atoms with Gasteiger partial charge < -0.3 is 10.6 Å². The van der Waals surface area contributed by atoms with E-state index in [0.29, 0.717) is 13.0 Å². The van der Waals surface area contributed by atoms with Crippen LogP contribution in [0.2, 0.25) is 0 Å². The highest BCUT2D eigenvalue weighted by molar-refractivity contribution is 7.90. The SMILES string of the molecule is CCC(CN)S(=O)(=O)NCC(C)(C)N(C)C. The topological polar surface area (TPSA) is 75.4 Å². The highest BCUT2D eigenvalue weighted by Gasteiger charge is 2.27. The quantitative estimate of drug-likeness (QED) is 0.667. The maximum atomic E-state index is 11.9. The van der Waals surface area contributed by atoms with E-state index < -0.39 is 15.3 Å². The fraction of sp³-hybridized carbons (Fsp3) is 1.00. The maximum Gasteiger partial charge on any atom is 0.215 e. The van der Waals surface area contributed by atoms with Crippen LogP contribution in [0.5, 0.6) is 0 Å². The molecule has 0 aromatic rings. The Labute approximate surface area is 99.4 Å². The van der Waals surface area contributed by atoms with E-state index >= 15 is 0 Å². The molecule has 5 nitrogen and oxygen atoms in total. The van der Waals surface area contributed by atoms with Crippen molar-refractivity contribution in [1.82, 2.24) is 9.62 Å². The minimum Gasteiger partial charge on any atom is -0.329 e. The molecule has 6 heteroatoms. The van der Waals surface area contributed by atoms with Crippen molar-refractivity contribution < 1.29 is 8.42 Å². The fourth-order valence-corrected chi connectivity index (χ4v) is 2.55. The van der Waals surface area contributed by atoms with Gasteiger partial charge in [0.05, 0.1) is 5.25 Å². The molecule has 1 atom stereocenters. The normalized spacial score (nSPS) is 15.4. The summed E-state index contributed by atoms with van der Waals surface area (Å²) in [6.07, 6.45) is 0.536. The molecule has 0 heterocycles. The summed E-state index contributed by atoms with van der Waals surface area (Å²) in [7, 11) is 0.559. The third kappa shape index (κ3) is 4.37. The van der Waals surface area contributed by atoms with Crippen molar-refractivity contribution in [3.05, 3.63) is 0 Å². The lowest BCUT2D eigenvalue weighted by Gasteiger charge is -2.33. The van der Waals surface area contributed by atoms with E-state index in [1.165, 1.54) is 0 Å². The highest BCUT2D eigenvalue weighted by Crippen LogP contribution is 2.10. The number of rotatable bonds is 7. The van der Waals surface area contributed by atoms with E-state index in [9.17, 15) is 8.42 Å². The zero-order valence-electron chi connectivity index (χ0n) is 10.9. The van der Waals surface area contributed by atoms with Gasteiger partial charge in [-0.25, -0.2) is 13.1 Å². The Hall–Kier alpha value is -0.170. The smallest absolute Gasteiger partial charge is 0.215 e. The molecule has 0 aliphatic carbocycles. The van der Waals surface area contributed by atoms with Crippen LogP contribution in [0, 0.1) is 0 Å². The first kappa shape index (κ1) is 15.8. The summed E-state index contributed by atoms with van der Waals surface area (Å²) in [5, 5.41) is -0.495. The molecule has 0 saturated heterocycles. The number of sulfonamides is 1. The van der Waals surface area contributed by atoms with Crippen LogP contribution >= 0.6 is 0 Å². The Balaban J connectivity index is 4.51. The third-order valence-electron chi connectivity index (χ3n) is 3.07. The van der Waals surface area contributed by atoms with Gasteiger partial charge in [-0.3, -0.25) is 0 Å². The second-order valence-electron chi connectivity index (χ2n) is 4.84. The van der Waals surface area contributed by atoms with Crippen LogP contribution in [0.4, 0.5) is 0 Å². The number of hydrogen-bond donors (Lipinski definition) is 2. The summed E-state index contributed by atoms with van der Waals surface area (Å²) in [5.41, 5.74) is 5.23. The van der Waals surface area contributed by atoms with E-state index in [0.717, 1.165) is 0 Å². The van der Waals surface area contributed by atoms with Crippen LogP contribution in [-0.4, -0.2) is 51.3 Å². The van der Waals surface area contributed by atoms with Gasteiger partial charge in [0.2, 0.25) is 10.0 Å². The number of nitrogens with zero attached hydrogens (tertiary/aromatic N) is 1. The van der Waals surface area contributed by atoms with Crippen molar-refractivity contribution in [2.75, 3.05) is 27.2 Å². The highest BCUT2D eigenvalue weighted by atomic mass is 32.2. The van der Waals surface area contributed by atoms with Gasteiger partial charge in [0.1, 0.15) is 0 Å². The van der Waals surface area contributed by atoms with E-state index in [4.69, 9.17) is 5.73 Å². The van der Waals surface area contributed by atoms with Crippen molar-refractivity contribution in [3.63, 3.8) is 0 Å². The average molecular weight is 251 g/mol. The predicted octanol–water partition coefficient (Wildman–Crippen LogP) is -0.0167. The second-order valence-corrected chi connectivity index (χ2v) is 6.88. The van der Waals surface area contributed by atoms with Crippen molar-refractivity contribution in [2.24, 2.45) is 5.73 Å². The van der Waals surface area contributed by atoms with Gasteiger partial charge in [-0.1, -0.05) is 6.92 Å². The Morgan fingerprint density at radius 3 is 2.19 bits per heavy atom. The molecule has 1 unspecified atom stereocenters. The Morgan fingerprint density at radius 2 is 1.88 bits per heavy atom. The Kier molecular flexibility index (Phi) is 5.89. The summed E-state index contributed by atoms with van der Waals surface area (Å²) >= 11 is 0. The van der Waals surface area contributed by atoms with Crippen molar-refractivity contribution in [2.45, 2.75) is 38.0 Å². The van der Waals surface area contributed by atoms with E-state index in [1.54, 1.807) is 0 Å². The van der Waals surface area contributed by atoms with Gasteiger partial charge in [0.25, 0.3) is 0 Å². The van der Waals surface area contributed by atoms with Crippen LogP contribution < -0.4 is 10.5 Å². The molecule has 0 amide bonds. The van der Waals surface area contributed by atoms with Crippen LogP contribution in [-0.2, 0) is 10.0 Å². The van der Waals surface area contributed by atoms with E-state index in [1.807, 2.05) is 39.8 Å². The zero-order valence-corrected chi connectivity index (χ0v) is 11.8. The first-order chi connectivity index (χ1) is 7.17. The van der Waals surface area contributed by atoms with Gasteiger partial charge in [-0.15, -0.1) is 0 Å². The number of hydrogen-bond acceptors (Lipinski definition) is 4. The second kappa shape index (κ2) is 5.95. The molecule has 0 radical (unpaired) electrons. The maximum absolute atomic E-state index is 11.9. The van der Waals surface area contributed by atoms with Crippen LogP contribution in [0.15, 0.2) is 0 Å². The summed E-state index contributed by atoms with van der Waals surface area (Å²) < 4.78 is 26.3. The average Bonchev–Trinajstić information content (AvgIpc) is 2.16. The molecule has 0 aliphatic rings. The summed E-state index contributed by atoms with van der Waals surface area (Å²) in [6.45, 7) is 6.35. The molecule has 0 aliphatic heterocycles. The molecule has 0 fully saturated rings. The van der Waals surface area contributed by atoms with Gasteiger partial charge in [-0.05, 0) is 34.4 Å². The minimum absolute atomic E-state index is 0.161. The Morgan fingerprint density at radius 1 is 1.38 bits per heavy atom. The molecule has 0 aromatic carbocycles.